The molecule has 20 heavy (non-hydrogen) atoms. The number of nitrogens with two attached hydrogens (primary N) is 1. The first-order chi connectivity index (χ1) is 9.80. The zero-order valence-corrected chi connectivity index (χ0v) is 12.3. The normalized spacial score (nSPS) is 21.6. The average Bonchev–Trinajstić information content (AvgIpc) is 2.50. The van der Waals surface area contributed by atoms with Crippen LogP contribution in [0.5, 0.6) is 5.75 Å². The molecule has 1 heterocycles. The number of hydrogen-bond donors (Lipinski definition) is 2. The number of hydrogen-bond acceptors (Lipinski definition) is 4. The van der Waals surface area contributed by atoms with Crippen molar-refractivity contribution in [3.05, 3.63) is 29.8 Å². The van der Waals surface area contributed by atoms with Gasteiger partial charge in [0, 0.05) is 25.2 Å². The number of likely N-dealkylation sites (tertiary alicyclic amines) is 1. The molecule has 0 radical (unpaired) electrons. The third kappa shape index (κ3) is 3.51. The van der Waals surface area contributed by atoms with Crippen LogP contribution in [0.1, 0.15) is 37.3 Å². The van der Waals surface area contributed by atoms with Crippen molar-refractivity contribution in [1.29, 1.82) is 0 Å². The maximum atomic E-state index is 9.27. The highest BCUT2D eigenvalue weighted by Gasteiger charge is 2.28. The number of aliphatic hydroxyl groups excluding tert-OH is 1. The SMILES string of the molecule is COc1cccc(C(CN)N2CCCCC2CCO)c1. The average molecular weight is 278 g/mol. The Bertz CT molecular complexity index is 409. The highest BCUT2D eigenvalue weighted by atomic mass is 16.5. The molecule has 1 aliphatic rings. The summed E-state index contributed by atoms with van der Waals surface area (Å²) in [6.07, 6.45) is 4.44. The van der Waals surface area contributed by atoms with Gasteiger partial charge >= 0.3 is 0 Å². The van der Waals surface area contributed by atoms with Gasteiger partial charge in [0.05, 0.1) is 7.11 Å². The van der Waals surface area contributed by atoms with Crippen molar-refractivity contribution >= 4 is 0 Å². The Balaban J connectivity index is 2.20. The maximum Gasteiger partial charge on any atom is 0.119 e. The molecule has 2 rings (SSSR count). The number of rotatable bonds is 6. The summed E-state index contributed by atoms with van der Waals surface area (Å²) >= 11 is 0. The lowest BCUT2D eigenvalue weighted by atomic mass is 9.94. The van der Waals surface area contributed by atoms with Crippen LogP contribution in [0.4, 0.5) is 0 Å². The molecule has 0 bridgehead atoms. The molecule has 2 atom stereocenters. The van der Waals surface area contributed by atoms with Crippen molar-refractivity contribution in [2.24, 2.45) is 5.73 Å². The van der Waals surface area contributed by atoms with Crippen molar-refractivity contribution in [1.82, 2.24) is 4.90 Å². The molecule has 1 aromatic rings. The van der Waals surface area contributed by atoms with Crippen LogP contribution >= 0.6 is 0 Å². The van der Waals surface area contributed by atoms with Gasteiger partial charge in [-0.3, -0.25) is 4.90 Å². The van der Waals surface area contributed by atoms with Crippen molar-refractivity contribution in [2.45, 2.75) is 37.8 Å². The lowest BCUT2D eigenvalue weighted by Crippen LogP contribution is -2.44. The smallest absolute Gasteiger partial charge is 0.119 e. The monoisotopic (exact) mass is 278 g/mol. The molecular weight excluding hydrogens is 252 g/mol. The van der Waals surface area contributed by atoms with Crippen molar-refractivity contribution in [2.75, 3.05) is 26.8 Å². The lowest BCUT2D eigenvalue weighted by Gasteiger charge is -2.41. The molecule has 1 aliphatic heterocycles. The standard InChI is InChI=1S/C16H26N2O2/c1-20-15-7-4-5-13(11-15)16(12-17)18-9-3-2-6-14(18)8-10-19/h4-5,7,11,14,16,19H,2-3,6,8-10,12,17H2,1H3. The minimum atomic E-state index is 0.210. The van der Waals surface area contributed by atoms with Crippen LogP contribution in [0.2, 0.25) is 0 Å². The van der Waals surface area contributed by atoms with E-state index in [4.69, 9.17) is 10.5 Å². The van der Waals surface area contributed by atoms with E-state index in [0.717, 1.165) is 25.1 Å². The number of benzene rings is 1. The third-order valence-corrected chi connectivity index (χ3v) is 4.24. The van der Waals surface area contributed by atoms with E-state index < -0.39 is 0 Å². The number of nitrogens with zero attached hydrogens (tertiary/aromatic N) is 1. The zero-order valence-electron chi connectivity index (χ0n) is 12.3. The molecule has 0 spiro atoms. The van der Waals surface area contributed by atoms with Crippen molar-refractivity contribution in [3.8, 4) is 5.75 Å². The zero-order chi connectivity index (χ0) is 14.4. The molecule has 1 aromatic carbocycles. The Kier molecular flexibility index (Phi) is 5.83. The summed E-state index contributed by atoms with van der Waals surface area (Å²) in [7, 11) is 1.69. The van der Waals surface area contributed by atoms with Gasteiger partial charge in [0.1, 0.15) is 5.75 Å². The van der Waals surface area contributed by atoms with E-state index in [2.05, 4.69) is 17.0 Å². The van der Waals surface area contributed by atoms with Crippen LogP contribution in [0.3, 0.4) is 0 Å². The maximum absolute atomic E-state index is 9.27. The second-order valence-corrected chi connectivity index (χ2v) is 5.43. The fraction of sp³-hybridized carbons (Fsp3) is 0.625. The molecule has 0 amide bonds. The molecule has 0 aliphatic carbocycles. The molecule has 1 fully saturated rings. The van der Waals surface area contributed by atoms with E-state index in [9.17, 15) is 5.11 Å². The summed E-state index contributed by atoms with van der Waals surface area (Å²) in [5.41, 5.74) is 7.25. The number of aliphatic hydroxyl groups is 1. The highest BCUT2D eigenvalue weighted by Crippen LogP contribution is 2.30. The van der Waals surface area contributed by atoms with Gasteiger partial charge in [-0.1, -0.05) is 18.6 Å². The summed E-state index contributed by atoms with van der Waals surface area (Å²) in [6.45, 7) is 1.90. The van der Waals surface area contributed by atoms with Gasteiger partial charge < -0.3 is 15.6 Å². The predicted octanol–water partition coefficient (Wildman–Crippen LogP) is 1.93. The van der Waals surface area contributed by atoms with Gasteiger partial charge in [-0.25, -0.2) is 0 Å². The first-order valence-corrected chi connectivity index (χ1v) is 7.50. The summed E-state index contributed by atoms with van der Waals surface area (Å²) < 4.78 is 5.31. The molecule has 0 aromatic heterocycles. The molecule has 1 saturated heterocycles. The second-order valence-electron chi connectivity index (χ2n) is 5.43. The fourth-order valence-electron chi connectivity index (χ4n) is 3.20. The summed E-state index contributed by atoms with van der Waals surface area (Å²) in [6, 6.07) is 8.81. The molecule has 4 heteroatoms. The third-order valence-electron chi connectivity index (χ3n) is 4.24. The Hall–Kier alpha value is -1.10. The summed E-state index contributed by atoms with van der Waals surface area (Å²) in [5, 5.41) is 9.27. The van der Waals surface area contributed by atoms with Crippen LogP contribution in [0.25, 0.3) is 0 Å². The van der Waals surface area contributed by atoms with Crippen molar-refractivity contribution in [3.63, 3.8) is 0 Å². The molecule has 2 unspecified atom stereocenters. The minimum Gasteiger partial charge on any atom is -0.497 e. The Morgan fingerprint density at radius 3 is 3.00 bits per heavy atom. The van der Waals surface area contributed by atoms with Gasteiger partial charge in [0.25, 0.3) is 0 Å². The van der Waals surface area contributed by atoms with E-state index in [0.29, 0.717) is 12.6 Å². The van der Waals surface area contributed by atoms with Crippen LogP contribution in [-0.4, -0.2) is 42.9 Å². The number of ether oxygens (including phenoxy) is 1. The molecule has 4 nitrogen and oxygen atoms in total. The largest absolute Gasteiger partial charge is 0.497 e. The lowest BCUT2D eigenvalue weighted by molar-refractivity contribution is 0.0781. The van der Waals surface area contributed by atoms with Crippen LogP contribution in [-0.2, 0) is 0 Å². The van der Waals surface area contributed by atoms with Gasteiger partial charge in [0.2, 0.25) is 0 Å². The van der Waals surface area contributed by atoms with E-state index in [1.54, 1.807) is 7.11 Å². The minimum absolute atomic E-state index is 0.210. The van der Waals surface area contributed by atoms with E-state index >= 15 is 0 Å². The first kappa shape index (κ1) is 15.3. The van der Waals surface area contributed by atoms with Crippen LogP contribution < -0.4 is 10.5 Å². The Morgan fingerprint density at radius 2 is 2.30 bits per heavy atom. The fourth-order valence-corrected chi connectivity index (χ4v) is 3.20. The van der Waals surface area contributed by atoms with E-state index in [1.807, 2.05) is 12.1 Å². The van der Waals surface area contributed by atoms with E-state index in [1.165, 1.54) is 18.4 Å². The molecule has 112 valence electrons. The van der Waals surface area contributed by atoms with Crippen LogP contribution in [0, 0.1) is 0 Å². The Morgan fingerprint density at radius 1 is 1.45 bits per heavy atom. The van der Waals surface area contributed by atoms with Crippen molar-refractivity contribution < 1.29 is 9.84 Å². The molecular formula is C16H26N2O2. The Labute approximate surface area is 121 Å². The topological polar surface area (TPSA) is 58.7 Å². The van der Waals surface area contributed by atoms with Crippen LogP contribution in [0.15, 0.2) is 24.3 Å². The summed E-state index contributed by atoms with van der Waals surface area (Å²) in [5.74, 6) is 0.872. The molecule has 0 saturated carbocycles. The van der Waals surface area contributed by atoms with Gasteiger partial charge in [0.15, 0.2) is 0 Å². The number of methoxy groups -OCH3 is 1. The summed E-state index contributed by atoms with van der Waals surface area (Å²) in [4.78, 5) is 2.47. The highest BCUT2D eigenvalue weighted by molar-refractivity contribution is 5.31. The van der Waals surface area contributed by atoms with Gasteiger partial charge in [-0.05, 0) is 43.5 Å². The number of piperidine rings is 1. The first-order valence-electron chi connectivity index (χ1n) is 7.50. The van der Waals surface area contributed by atoms with E-state index in [-0.39, 0.29) is 12.6 Å². The van der Waals surface area contributed by atoms with Gasteiger partial charge in [-0.15, -0.1) is 0 Å². The second kappa shape index (κ2) is 7.62. The quantitative estimate of drug-likeness (QED) is 0.835. The predicted molar refractivity (Wildman–Crippen MR) is 80.8 cm³/mol. The molecule has 3 N–H and O–H groups in total. The van der Waals surface area contributed by atoms with Gasteiger partial charge in [-0.2, -0.15) is 0 Å².